The standard InChI is InChI=1S/C26H22N2O3S/c29-24(13-11-18-10-12-22-23(16-18)31-17-30-22)27-14-15-32-26-20-8-4-5-9-21(20)28-25(26)19-6-2-1-3-7-19/h1-13,16,28H,14-15,17H2,(H,27,29). The van der Waals surface area contributed by atoms with Crippen LogP contribution in [0.3, 0.4) is 0 Å². The van der Waals surface area contributed by atoms with Crippen LogP contribution in [0.1, 0.15) is 5.56 Å². The van der Waals surface area contributed by atoms with Crippen LogP contribution in [0.2, 0.25) is 0 Å². The molecule has 1 aliphatic heterocycles. The first kappa shape index (κ1) is 20.3. The molecule has 3 aromatic carbocycles. The highest BCUT2D eigenvalue weighted by molar-refractivity contribution is 7.99. The average Bonchev–Trinajstić information content (AvgIpc) is 3.45. The van der Waals surface area contributed by atoms with Crippen LogP contribution < -0.4 is 14.8 Å². The van der Waals surface area contributed by atoms with Crippen molar-refractivity contribution in [1.29, 1.82) is 0 Å². The summed E-state index contributed by atoms with van der Waals surface area (Å²) in [4.78, 5) is 17.0. The first-order valence-corrected chi connectivity index (χ1v) is 11.4. The van der Waals surface area contributed by atoms with Crippen molar-refractivity contribution in [3.8, 4) is 22.8 Å². The van der Waals surface area contributed by atoms with Gasteiger partial charge in [0.25, 0.3) is 0 Å². The molecule has 5 nitrogen and oxygen atoms in total. The topological polar surface area (TPSA) is 63.4 Å². The number of hydrogen-bond acceptors (Lipinski definition) is 4. The highest BCUT2D eigenvalue weighted by Gasteiger charge is 2.14. The monoisotopic (exact) mass is 442 g/mol. The van der Waals surface area contributed by atoms with Crippen LogP contribution in [-0.4, -0.2) is 30.0 Å². The third-order valence-electron chi connectivity index (χ3n) is 5.19. The van der Waals surface area contributed by atoms with Gasteiger partial charge in [0.1, 0.15) is 0 Å². The predicted molar refractivity (Wildman–Crippen MR) is 129 cm³/mol. The molecular weight excluding hydrogens is 420 g/mol. The van der Waals surface area contributed by atoms with Crippen molar-refractivity contribution in [3.63, 3.8) is 0 Å². The number of fused-ring (bicyclic) bond motifs is 2. The molecule has 0 saturated heterocycles. The number of aromatic amines is 1. The number of nitrogens with one attached hydrogen (secondary N) is 2. The SMILES string of the molecule is O=C(C=Cc1ccc2c(c1)OCO2)NCCSc1c(-c2ccccc2)[nH]c2ccccc12. The molecule has 2 N–H and O–H groups in total. The maximum Gasteiger partial charge on any atom is 0.244 e. The number of amides is 1. The molecule has 0 unspecified atom stereocenters. The highest BCUT2D eigenvalue weighted by Crippen LogP contribution is 2.37. The lowest BCUT2D eigenvalue weighted by molar-refractivity contribution is -0.116. The number of aromatic nitrogens is 1. The van der Waals surface area contributed by atoms with Crippen molar-refractivity contribution in [2.45, 2.75) is 4.90 Å². The average molecular weight is 443 g/mol. The van der Waals surface area contributed by atoms with Crippen LogP contribution >= 0.6 is 11.8 Å². The maximum atomic E-state index is 12.2. The molecule has 4 aromatic rings. The van der Waals surface area contributed by atoms with E-state index in [-0.39, 0.29) is 12.7 Å². The summed E-state index contributed by atoms with van der Waals surface area (Å²) >= 11 is 1.75. The molecule has 5 rings (SSSR count). The Hall–Kier alpha value is -3.64. The lowest BCUT2D eigenvalue weighted by Crippen LogP contribution is -2.23. The smallest absolute Gasteiger partial charge is 0.244 e. The van der Waals surface area contributed by atoms with Gasteiger partial charge >= 0.3 is 0 Å². The molecule has 0 saturated carbocycles. The van der Waals surface area contributed by atoms with E-state index in [0.717, 1.165) is 33.8 Å². The van der Waals surface area contributed by atoms with Gasteiger partial charge in [0.2, 0.25) is 12.7 Å². The van der Waals surface area contributed by atoms with Crippen molar-refractivity contribution in [2.75, 3.05) is 19.1 Å². The molecule has 2 heterocycles. The van der Waals surface area contributed by atoms with Gasteiger partial charge in [-0.2, -0.15) is 0 Å². The molecule has 0 fully saturated rings. The molecule has 1 amide bonds. The zero-order chi connectivity index (χ0) is 21.8. The van der Waals surface area contributed by atoms with Gasteiger partial charge < -0.3 is 19.8 Å². The van der Waals surface area contributed by atoms with Crippen molar-refractivity contribution in [1.82, 2.24) is 10.3 Å². The minimum absolute atomic E-state index is 0.120. The molecule has 160 valence electrons. The number of benzene rings is 3. The normalized spacial score (nSPS) is 12.5. The van der Waals surface area contributed by atoms with Crippen LogP contribution in [0.5, 0.6) is 11.5 Å². The Morgan fingerprint density at radius 1 is 1.00 bits per heavy atom. The first-order chi connectivity index (χ1) is 15.8. The van der Waals surface area contributed by atoms with Crippen LogP contribution in [0.25, 0.3) is 28.2 Å². The van der Waals surface area contributed by atoms with Gasteiger partial charge in [0, 0.05) is 34.2 Å². The summed E-state index contributed by atoms with van der Waals surface area (Å²) < 4.78 is 10.7. The number of carbonyl (C=O) groups excluding carboxylic acids is 1. The van der Waals surface area contributed by atoms with Crippen molar-refractivity contribution in [3.05, 3.63) is 84.4 Å². The molecule has 1 aromatic heterocycles. The van der Waals surface area contributed by atoms with Gasteiger partial charge in [0.15, 0.2) is 11.5 Å². The summed E-state index contributed by atoms with van der Waals surface area (Å²) in [5.41, 5.74) is 4.28. The van der Waals surface area contributed by atoms with E-state index in [0.29, 0.717) is 12.3 Å². The van der Waals surface area contributed by atoms with Gasteiger partial charge in [-0.05, 0) is 35.4 Å². The van der Waals surface area contributed by atoms with Gasteiger partial charge in [0.05, 0.1) is 5.69 Å². The summed E-state index contributed by atoms with van der Waals surface area (Å²) in [6.45, 7) is 0.811. The van der Waals surface area contributed by atoms with E-state index in [1.807, 2.05) is 42.5 Å². The Bertz CT molecular complexity index is 1280. The quantitative estimate of drug-likeness (QED) is 0.226. The summed E-state index contributed by atoms with van der Waals surface area (Å²) in [6.07, 6.45) is 3.32. The minimum atomic E-state index is -0.120. The zero-order valence-electron chi connectivity index (χ0n) is 17.3. The number of carbonyl (C=O) groups is 1. The molecule has 0 aliphatic carbocycles. The van der Waals surface area contributed by atoms with E-state index in [9.17, 15) is 4.79 Å². The fourth-order valence-electron chi connectivity index (χ4n) is 3.65. The lowest BCUT2D eigenvalue weighted by Gasteiger charge is -2.06. The molecule has 0 bridgehead atoms. The first-order valence-electron chi connectivity index (χ1n) is 10.4. The second-order valence-corrected chi connectivity index (χ2v) is 8.43. The molecule has 0 atom stereocenters. The van der Waals surface area contributed by atoms with Gasteiger partial charge in [-0.1, -0.05) is 54.6 Å². The van der Waals surface area contributed by atoms with E-state index < -0.39 is 0 Å². The molecule has 0 spiro atoms. The second-order valence-electron chi connectivity index (χ2n) is 7.33. The summed E-state index contributed by atoms with van der Waals surface area (Å²) in [5.74, 6) is 2.09. The third kappa shape index (κ3) is 4.36. The number of rotatable bonds is 7. The Morgan fingerprint density at radius 2 is 1.81 bits per heavy atom. The molecular formula is C26H22N2O3S. The van der Waals surface area contributed by atoms with Gasteiger partial charge in [-0.25, -0.2) is 0 Å². The number of para-hydroxylation sites is 1. The number of ether oxygens (including phenoxy) is 2. The van der Waals surface area contributed by atoms with Crippen LogP contribution in [0.4, 0.5) is 0 Å². The van der Waals surface area contributed by atoms with Crippen molar-refractivity contribution >= 4 is 34.6 Å². The summed E-state index contributed by atoms with van der Waals surface area (Å²) in [7, 11) is 0. The molecule has 0 radical (unpaired) electrons. The Morgan fingerprint density at radius 3 is 2.72 bits per heavy atom. The highest BCUT2D eigenvalue weighted by atomic mass is 32.2. The van der Waals surface area contributed by atoms with Crippen LogP contribution in [0, 0.1) is 0 Å². The largest absolute Gasteiger partial charge is 0.454 e. The van der Waals surface area contributed by atoms with Gasteiger partial charge in [-0.15, -0.1) is 11.8 Å². The molecule has 1 aliphatic rings. The zero-order valence-corrected chi connectivity index (χ0v) is 18.2. The fraction of sp³-hybridized carbons (Fsp3) is 0.115. The van der Waals surface area contributed by atoms with Gasteiger partial charge in [-0.3, -0.25) is 4.79 Å². The lowest BCUT2D eigenvalue weighted by atomic mass is 10.1. The number of H-pyrrole nitrogens is 1. The Kier molecular flexibility index (Phi) is 5.85. The summed E-state index contributed by atoms with van der Waals surface area (Å²) in [5, 5.41) is 4.16. The number of hydrogen-bond donors (Lipinski definition) is 2. The molecule has 32 heavy (non-hydrogen) atoms. The van der Waals surface area contributed by atoms with E-state index >= 15 is 0 Å². The van der Waals surface area contributed by atoms with E-state index in [1.165, 1.54) is 10.3 Å². The van der Waals surface area contributed by atoms with Crippen molar-refractivity contribution in [2.24, 2.45) is 0 Å². The van der Waals surface area contributed by atoms with Crippen molar-refractivity contribution < 1.29 is 14.3 Å². The van der Waals surface area contributed by atoms with E-state index in [1.54, 1.807) is 23.9 Å². The maximum absolute atomic E-state index is 12.2. The van der Waals surface area contributed by atoms with E-state index in [4.69, 9.17) is 9.47 Å². The number of thioether (sulfide) groups is 1. The molecule has 6 heteroatoms. The second kappa shape index (κ2) is 9.24. The van der Waals surface area contributed by atoms with E-state index in [2.05, 4.69) is 40.6 Å². The minimum Gasteiger partial charge on any atom is -0.454 e. The third-order valence-corrected chi connectivity index (χ3v) is 6.31. The Balaban J connectivity index is 1.21. The Labute approximate surface area is 190 Å². The van der Waals surface area contributed by atoms with Crippen LogP contribution in [-0.2, 0) is 4.79 Å². The predicted octanol–water partition coefficient (Wildman–Crippen LogP) is 5.49. The fourth-order valence-corrected chi connectivity index (χ4v) is 4.70. The summed E-state index contributed by atoms with van der Waals surface area (Å²) in [6, 6.07) is 24.3. The van der Waals surface area contributed by atoms with Crippen LogP contribution in [0.15, 0.2) is 83.8 Å².